The first kappa shape index (κ1) is 13.6. The molecule has 0 saturated heterocycles. The topological polar surface area (TPSA) is 22.1 Å². The molecule has 2 heterocycles. The molecule has 102 valence electrons. The van der Waals surface area contributed by atoms with Crippen molar-refractivity contribution >= 4 is 34.3 Å². The van der Waals surface area contributed by atoms with Crippen molar-refractivity contribution < 1.29 is 4.74 Å². The summed E-state index contributed by atoms with van der Waals surface area (Å²) in [7, 11) is 1.68. The van der Waals surface area contributed by atoms with Crippen molar-refractivity contribution in [1.82, 2.24) is 4.98 Å². The molecule has 1 aromatic carbocycles. The van der Waals surface area contributed by atoms with Gasteiger partial charge in [0.25, 0.3) is 0 Å². The van der Waals surface area contributed by atoms with Crippen molar-refractivity contribution in [3.05, 3.63) is 46.7 Å². The van der Waals surface area contributed by atoms with Crippen LogP contribution in [0.4, 0.5) is 0 Å². The molecule has 20 heavy (non-hydrogen) atoms. The van der Waals surface area contributed by atoms with Gasteiger partial charge in [0, 0.05) is 4.88 Å². The summed E-state index contributed by atoms with van der Waals surface area (Å²) in [5, 5.41) is 3.00. The van der Waals surface area contributed by atoms with E-state index in [1.165, 1.54) is 0 Å². The van der Waals surface area contributed by atoms with Crippen molar-refractivity contribution in [1.29, 1.82) is 0 Å². The number of thiazole rings is 1. The monoisotopic (exact) mass is 321 g/mol. The Balaban J connectivity index is 2.12. The number of para-hydroxylation sites is 1. The standard InChI is InChI=1S/C15H12ClNOS2/c1-18-11-6-3-2-5-10(11)15-17-14(13(9-16)20-15)12-7-4-8-19-12/h2-8H,9H2,1H3. The van der Waals surface area contributed by atoms with Gasteiger partial charge in [0.15, 0.2) is 0 Å². The van der Waals surface area contributed by atoms with E-state index in [1.54, 1.807) is 29.8 Å². The largest absolute Gasteiger partial charge is 0.496 e. The van der Waals surface area contributed by atoms with Crippen LogP contribution in [0.1, 0.15) is 4.88 Å². The fourth-order valence-electron chi connectivity index (χ4n) is 1.98. The number of ether oxygens (including phenoxy) is 1. The van der Waals surface area contributed by atoms with E-state index in [4.69, 9.17) is 21.3 Å². The Bertz CT molecular complexity index is 706. The maximum Gasteiger partial charge on any atom is 0.129 e. The van der Waals surface area contributed by atoms with E-state index in [9.17, 15) is 0 Å². The van der Waals surface area contributed by atoms with Crippen LogP contribution in [0.2, 0.25) is 0 Å². The molecule has 2 aromatic heterocycles. The maximum atomic E-state index is 6.07. The molecule has 0 saturated carbocycles. The lowest BCUT2D eigenvalue weighted by molar-refractivity contribution is 0.416. The van der Waals surface area contributed by atoms with Gasteiger partial charge >= 0.3 is 0 Å². The molecular weight excluding hydrogens is 310 g/mol. The van der Waals surface area contributed by atoms with Gasteiger partial charge in [-0.15, -0.1) is 34.3 Å². The number of halogens is 1. The van der Waals surface area contributed by atoms with Gasteiger partial charge in [0.05, 0.1) is 29.1 Å². The predicted molar refractivity (Wildman–Crippen MR) is 87.0 cm³/mol. The molecule has 3 aromatic rings. The number of rotatable bonds is 4. The highest BCUT2D eigenvalue weighted by atomic mass is 35.5. The molecule has 0 N–H and O–H groups in total. The maximum absolute atomic E-state index is 6.07. The fraction of sp³-hybridized carbons (Fsp3) is 0.133. The lowest BCUT2D eigenvalue weighted by Crippen LogP contribution is -1.86. The van der Waals surface area contributed by atoms with E-state index < -0.39 is 0 Å². The fourth-order valence-corrected chi connectivity index (χ4v) is 4.04. The molecule has 0 fully saturated rings. The molecule has 0 amide bonds. The highest BCUT2D eigenvalue weighted by Crippen LogP contribution is 2.39. The number of nitrogens with zero attached hydrogens (tertiary/aromatic N) is 1. The second-order valence-corrected chi connectivity index (χ2v) is 6.40. The van der Waals surface area contributed by atoms with E-state index in [0.29, 0.717) is 5.88 Å². The summed E-state index contributed by atoms with van der Waals surface area (Å²) in [6, 6.07) is 12.0. The van der Waals surface area contributed by atoms with E-state index in [0.717, 1.165) is 31.8 Å². The molecule has 5 heteroatoms. The Morgan fingerprint density at radius 2 is 2.05 bits per heavy atom. The third-order valence-electron chi connectivity index (χ3n) is 2.91. The number of hydrogen-bond donors (Lipinski definition) is 0. The van der Waals surface area contributed by atoms with Crippen LogP contribution in [-0.2, 0) is 5.88 Å². The third kappa shape index (κ3) is 2.46. The van der Waals surface area contributed by atoms with E-state index in [-0.39, 0.29) is 0 Å². The molecule has 2 nitrogen and oxygen atoms in total. The Labute approximate surface area is 130 Å². The molecule has 0 aliphatic rings. The summed E-state index contributed by atoms with van der Waals surface area (Å²) in [5.41, 5.74) is 2.00. The van der Waals surface area contributed by atoms with Crippen LogP contribution in [0, 0.1) is 0 Å². The van der Waals surface area contributed by atoms with Gasteiger partial charge in [-0.05, 0) is 23.6 Å². The highest BCUT2D eigenvalue weighted by molar-refractivity contribution is 7.17. The highest BCUT2D eigenvalue weighted by Gasteiger charge is 2.16. The smallest absolute Gasteiger partial charge is 0.129 e. The Hall–Kier alpha value is -1.36. The van der Waals surface area contributed by atoms with Crippen molar-refractivity contribution in [2.24, 2.45) is 0 Å². The molecule has 0 aliphatic heterocycles. The van der Waals surface area contributed by atoms with Crippen LogP contribution in [0.15, 0.2) is 41.8 Å². The summed E-state index contributed by atoms with van der Waals surface area (Å²) in [4.78, 5) is 7.01. The van der Waals surface area contributed by atoms with E-state index in [2.05, 4.69) is 11.4 Å². The zero-order valence-electron chi connectivity index (χ0n) is 10.8. The molecule has 3 rings (SSSR count). The first-order chi connectivity index (χ1) is 9.83. The van der Waals surface area contributed by atoms with Crippen LogP contribution in [0.5, 0.6) is 5.75 Å². The van der Waals surface area contributed by atoms with Crippen molar-refractivity contribution in [2.45, 2.75) is 5.88 Å². The van der Waals surface area contributed by atoms with Crippen LogP contribution in [0.25, 0.3) is 21.1 Å². The van der Waals surface area contributed by atoms with Crippen molar-refractivity contribution in [3.63, 3.8) is 0 Å². The molecule has 0 radical (unpaired) electrons. The van der Waals surface area contributed by atoms with E-state index >= 15 is 0 Å². The molecule has 0 spiro atoms. The normalized spacial score (nSPS) is 10.7. The third-order valence-corrected chi connectivity index (χ3v) is 5.30. The summed E-state index contributed by atoms with van der Waals surface area (Å²) >= 11 is 9.37. The number of alkyl halides is 1. The average Bonchev–Trinajstić information content (AvgIpc) is 3.15. The first-order valence-corrected chi connectivity index (χ1v) is 8.29. The molecule has 0 bridgehead atoms. The predicted octanol–water partition coefficient (Wildman–Crippen LogP) is 5.29. The Kier molecular flexibility index (Phi) is 4.05. The van der Waals surface area contributed by atoms with Crippen LogP contribution < -0.4 is 4.74 Å². The summed E-state index contributed by atoms with van der Waals surface area (Å²) < 4.78 is 5.41. The first-order valence-electron chi connectivity index (χ1n) is 6.06. The second-order valence-electron chi connectivity index (χ2n) is 4.10. The van der Waals surface area contributed by atoms with Gasteiger partial charge in [0.2, 0.25) is 0 Å². The minimum absolute atomic E-state index is 0.472. The molecular formula is C15H12ClNOS2. The Morgan fingerprint density at radius 3 is 2.75 bits per heavy atom. The molecule has 0 unspecified atom stereocenters. The van der Waals surface area contributed by atoms with Gasteiger partial charge < -0.3 is 4.74 Å². The van der Waals surface area contributed by atoms with Gasteiger partial charge in [-0.1, -0.05) is 18.2 Å². The number of methoxy groups -OCH3 is 1. The van der Waals surface area contributed by atoms with Gasteiger partial charge in [0.1, 0.15) is 10.8 Å². The van der Waals surface area contributed by atoms with Gasteiger partial charge in [-0.25, -0.2) is 4.98 Å². The minimum atomic E-state index is 0.472. The number of benzene rings is 1. The van der Waals surface area contributed by atoms with E-state index in [1.807, 2.05) is 30.3 Å². The van der Waals surface area contributed by atoms with Gasteiger partial charge in [-0.3, -0.25) is 0 Å². The molecule has 0 atom stereocenters. The minimum Gasteiger partial charge on any atom is -0.496 e. The average molecular weight is 322 g/mol. The summed E-state index contributed by atoms with van der Waals surface area (Å²) in [6.45, 7) is 0. The summed E-state index contributed by atoms with van der Waals surface area (Å²) in [6.07, 6.45) is 0. The zero-order chi connectivity index (χ0) is 13.9. The van der Waals surface area contributed by atoms with Crippen molar-refractivity contribution in [3.8, 4) is 26.9 Å². The lowest BCUT2D eigenvalue weighted by Gasteiger charge is -2.04. The number of aromatic nitrogens is 1. The summed E-state index contributed by atoms with van der Waals surface area (Å²) in [5.74, 6) is 1.31. The van der Waals surface area contributed by atoms with Crippen LogP contribution in [0.3, 0.4) is 0 Å². The van der Waals surface area contributed by atoms with Crippen LogP contribution >= 0.6 is 34.3 Å². The SMILES string of the molecule is COc1ccccc1-c1nc(-c2cccs2)c(CCl)s1. The number of thiophene rings is 1. The lowest BCUT2D eigenvalue weighted by atomic mass is 10.2. The van der Waals surface area contributed by atoms with Crippen LogP contribution in [-0.4, -0.2) is 12.1 Å². The number of hydrogen-bond acceptors (Lipinski definition) is 4. The second kappa shape index (κ2) is 5.95. The Morgan fingerprint density at radius 1 is 1.20 bits per heavy atom. The van der Waals surface area contributed by atoms with Crippen molar-refractivity contribution in [2.75, 3.05) is 7.11 Å². The quantitative estimate of drug-likeness (QED) is 0.609. The van der Waals surface area contributed by atoms with Gasteiger partial charge in [-0.2, -0.15) is 0 Å². The molecule has 0 aliphatic carbocycles. The zero-order valence-corrected chi connectivity index (χ0v) is 13.2.